The number of anilines is 1. The first-order valence-electron chi connectivity index (χ1n) is 6.76. The van der Waals surface area contributed by atoms with Crippen LogP contribution in [0.2, 0.25) is 0 Å². The van der Waals surface area contributed by atoms with Gasteiger partial charge in [0.1, 0.15) is 24.1 Å². The Morgan fingerprint density at radius 1 is 1.36 bits per heavy atom. The average Bonchev–Trinajstić information content (AvgIpc) is 3.05. The summed E-state index contributed by atoms with van der Waals surface area (Å²) in [5.41, 5.74) is 6.65. The molecule has 9 heteroatoms. The summed E-state index contributed by atoms with van der Waals surface area (Å²) in [7, 11) is 0. The number of thioether (sulfide) groups is 1. The van der Waals surface area contributed by atoms with Crippen LogP contribution in [-0.2, 0) is 4.74 Å². The van der Waals surface area contributed by atoms with Gasteiger partial charge in [-0.15, -0.1) is 6.58 Å². The van der Waals surface area contributed by atoms with Crippen molar-refractivity contribution in [1.82, 2.24) is 19.5 Å². The Labute approximate surface area is 131 Å². The SMILES string of the molecule is C=CCSCC1OC(n2cnc3c(N)ncnc32)C(O)C1O. The molecular weight excluding hydrogens is 306 g/mol. The maximum absolute atomic E-state index is 10.3. The molecule has 8 nitrogen and oxygen atoms in total. The van der Waals surface area contributed by atoms with Gasteiger partial charge in [0.2, 0.25) is 0 Å². The molecule has 118 valence electrons. The third-order valence-electron chi connectivity index (χ3n) is 3.52. The van der Waals surface area contributed by atoms with Crippen LogP contribution in [0.25, 0.3) is 11.2 Å². The summed E-state index contributed by atoms with van der Waals surface area (Å²) in [6.45, 7) is 3.64. The molecule has 2 aromatic heterocycles. The lowest BCUT2D eigenvalue weighted by Gasteiger charge is -2.16. The van der Waals surface area contributed by atoms with E-state index in [1.54, 1.807) is 22.4 Å². The first-order chi connectivity index (χ1) is 10.6. The van der Waals surface area contributed by atoms with Crippen molar-refractivity contribution in [3.05, 3.63) is 25.3 Å². The van der Waals surface area contributed by atoms with Crippen LogP contribution < -0.4 is 5.73 Å². The zero-order chi connectivity index (χ0) is 15.7. The molecule has 3 heterocycles. The maximum atomic E-state index is 10.3. The van der Waals surface area contributed by atoms with Gasteiger partial charge in [0.05, 0.1) is 12.4 Å². The van der Waals surface area contributed by atoms with Crippen LogP contribution in [0, 0.1) is 0 Å². The minimum Gasteiger partial charge on any atom is -0.387 e. The van der Waals surface area contributed by atoms with E-state index in [-0.39, 0.29) is 5.82 Å². The van der Waals surface area contributed by atoms with Crippen molar-refractivity contribution in [2.24, 2.45) is 0 Å². The molecule has 22 heavy (non-hydrogen) atoms. The van der Waals surface area contributed by atoms with Crippen molar-refractivity contribution in [1.29, 1.82) is 0 Å². The van der Waals surface area contributed by atoms with Gasteiger partial charge < -0.3 is 20.7 Å². The van der Waals surface area contributed by atoms with Crippen molar-refractivity contribution in [3.63, 3.8) is 0 Å². The molecule has 4 N–H and O–H groups in total. The van der Waals surface area contributed by atoms with E-state index in [0.717, 1.165) is 5.75 Å². The minimum absolute atomic E-state index is 0.259. The number of nitrogen functional groups attached to an aromatic ring is 1. The van der Waals surface area contributed by atoms with E-state index in [2.05, 4.69) is 21.5 Å². The highest BCUT2D eigenvalue weighted by Crippen LogP contribution is 2.33. The molecule has 0 spiro atoms. The van der Waals surface area contributed by atoms with Gasteiger partial charge in [0.15, 0.2) is 17.7 Å². The highest BCUT2D eigenvalue weighted by Gasteiger charge is 2.44. The van der Waals surface area contributed by atoms with Gasteiger partial charge in [-0.3, -0.25) is 4.57 Å². The Kier molecular flexibility index (Phi) is 4.30. The van der Waals surface area contributed by atoms with E-state index in [9.17, 15) is 10.2 Å². The predicted octanol–water partition coefficient (Wildman–Crippen LogP) is -0.0531. The molecule has 0 aromatic carbocycles. The van der Waals surface area contributed by atoms with E-state index in [1.807, 2.05) is 0 Å². The van der Waals surface area contributed by atoms with Crippen molar-refractivity contribution in [3.8, 4) is 0 Å². The van der Waals surface area contributed by atoms with Crippen molar-refractivity contribution in [2.45, 2.75) is 24.5 Å². The molecule has 0 radical (unpaired) electrons. The molecule has 4 atom stereocenters. The van der Waals surface area contributed by atoms with Crippen molar-refractivity contribution < 1.29 is 14.9 Å². The standard InChI is InChI=1S/C13H17N5O3S/c1-2-3-22-4-7-9(19)10(20)13(21-7)18-6-17-8-11(14)15-5-16-12(8)18/h2,5-7,9-10,13,19-20H,1,3-4H2,(H2,14,15,16). The molecule has 1 aliphatic heterocycles. The zero-order valence-electron chi connectivity index (χ0n) is 11.7. The second-order valence-electron chi connectivity index (χ2n) is 4.96. The van der Waals surface area contributed by atoms with Crippen molar-refractivity contribution in [2.75, 3.05) is 17.2 Å². The summed E-state index contributed by atoms with van der Waals surface area (Å²) in [6.07, 6.45) is 1.32. The molecule has 0 amide bonds. The molecule has 1 aliphatic rings. The number of hydrogen-bond donors (Lipinski definition) is 3. The first-order valence-corrected chi connectivity index (χ1v) is 7.92. The lowest BCUT2D eigenvalue weighted by Crippen LogP contribution is -2.32. The minimum atomic E-state index is -1.07. The van der Waals surface area contributed by atoms with E-state index in [4.69, 9.17) is 10.5 Å². The Morgan fingerprint density at radius 2 is 2.18 bits per heavy atom. The topological polar surface area (TPSA) is 119 Å². The summed E-state index contributed by atoms with van der Waals surface area (Å²) in [5.74, 6) is 1.57. The molecule has 0 aliphatic carbocycles. The van der Waals surface area contributed by atoms with Crippen LogP contribution in [0.5, 0.6) is 0 Å². The summed E-state index contributed by atoms with van der Waals surface area (Å²) < 4.78 is 7.36. The number of hydrogen-bond acceptors (Lipinski definition) is 8. The number of fused-ring (bicyclic) bond motifs is 1. The molecule has 0 saturated carbocycles. The number of nitrogens with zero attached hydrogens (tertiary/aromatic N) is 4. The number of nitrogens with two attached hydrogens (primary N) is 1. The fourth-order valence-corrected chi connectivity index (χ4v) is 3.23. The van der Waals surface area contributed by atoms with Crippen LogP contribution in [0.15, 0.2) is 25.3 Å². The molecular formula is C13H17N5O3S. The summed E-state index contributed by atoms with van der Waals surface area (Å²) in [4.78, 5) is 12.1. The number of imidazole rings is 1. The molecule has 3 rings (SSSR count). The number of ether oxygens (including phenoxy) is 1. The molecule has 1 fully saturated rings. The van der Waals surface area contributed by atoms with Crippen LogP contribution in [-0.4, -0.2) is 59.5 Å². The van der Waals surface area contributed by atoms with Crippen LogP contribution >= 0.6 is 11.8 Å². The van der Waals surface area contributed by atoms with Crippen LogP contribution in [0.1, 0.15) is 6.23 Å². The van der Waals surface area contributed by atoms with Crippen molar-refractivity contribution >= 4 is 28.7 Å². The smallest absolute Gasteiger partial charge is 0.167 e. The van der Waals surface area contributed by atoms with Gasteiger partial charge in [-0.1, -0.05) is 6.08 Å². The van der Waals surface area contributed by atoms with E-state index in [0.29, 0.717) is 16.9 Å². The van der Waals surface area contributed by atoms with Gasteiger partial charge in [0, 0.05) is 11.5 Å². The quantitative estimate of drug-likeness (QED) is 0.517. The van der Waals surface area contributed by atoms with Crippen LogP contribution in [0.3, 0.4) is 0 Å². The van der Waals surface area contributed by atoms with Gasteiger partial charge >= 0.3 is 0 Å². The molecule has 4 unspecified atom stereocenters. The zero-order valence-corrected chi connectivity index (χ0v) is 12.6. The highest BCUT2D eigenvalue weighted by molar-refractivity contribution is 7.99. The predicted molar refractivity (Wildman–Crippen MR) is 83.2 cm³/mol. The van der Waals surface area contributed by atoms with Gasteiger partial charge in [-0.05, 0) is 0 Å². The fraction of sp³-hybridized carbons (Fsp3) is 0.462. The van der Waals surface area contributed by atoms with E-state index >= 15 is 0 Å². The molecule has 1 saturated heterocycles. The monoisotopic (exact) mass is 323 g/mol. The lowest BCUT2D eigenvalue weighted by molar-refractivity contribution is -0.0288. The molecule has 2 aromatic rings. The Balaban J connectivity index is 1.84. The lowest BCUT2D eigenvalue weighted by atomic mass is 10.1. The Morgan fingerprint density at radius 3 is 2.95 bits per heavy atom. The van der Waals surface area contributed by atoms with Gasteiger partial charge in [-0.2, -0.15) is 11.8 Å². The third-order valence-corrected chi connectivity index (χ3v) is 4.55. The average molecular weight is 323 g/mol. The highest BCUT2D eigenvalue weighted by atomic mass is 32.2. The normalized spacial score (nSPS) is 28.3. The summed E-state index contributed by atoms with van der Waals surface area (Å²) in [6, 6.07) is 0. The van der Waals surface area contributed by atoms with E-state index in [1.165, 1.54) is 12.7 Å². The summed E-state index contributed by atoms with van der Waals surface area (Å²) in [5, 5.41) is 20.4. The molecule has 0 bridgehead atoms. The maximum Gasteiger partial charge on any atom is 0.167 e. The van der Waals surface area contributed by atoms with Gasteiger partial charge in [-0.25, -0.2) is 15.0 Å². The first kappa shape index (κ1) is 15.2. The summed E-state index contributed by atoms with van der Waals surface area (Å²) >= 11 is 1.58. The third kappa shape index (κ3) is 2.56. The fourth-order valence-electron chi connectivity index (χ4n) is 2.42. The number of aromatic nitrogens is 4. The number of rotatable bonds is 5. The Bertz CT molecular complexity index is 679. The number of aliphatic hydroxyl groups excluding tert-OH is 2. The van der Waals surface area contributed by atoms with Gasteiger partial charge in [0.25, 0.3) is 0 Å². The van der Waals surface area contributed by atoms with Crippen LogP contribution in [0.4, 0.5) is 5.82 Å². The second-order valence-corrected chi connectivity index (χ2v) is 6.03. The second kappa shape index (κ2) is 6.21. The van der Waals surface area contributed by atoms with E-state index < -0.39 is 24.5 Å². The largest absolute Gasteiger partial charge is 0.387 e. The number of aliphatic hydroxyl groups is 2. The Hall–Kier alpha value is -1.68.